The van der Waals surface area contributed by atoms with Gasteiger partial charge in [-0.1, -0.05) is 0 Å². The topological polar surface area (TPSA) is 65.3 Å². The quantitative estimate of drug-likeness (QED) is 0.521. The molecule has 0 saturated heterocycles. The number of benzene rings is 1. The van der Waals surface area contributed by atoms with Crippen LogP contribution in [0.1, 0.15) is 5.69 Å². The number of nitrogens with zero attached hydrogens (tertiary/aromatic N) is 3. The fourth-order valence-corrected chi connectivity index (χ4v) is 3.76. The molecule has 0 spiro atoms. The Morgan fingerprint density at radius 1 is 1.11 bits per heavy atom. The van der Waals surface area contributed by atoms with Crippen molar-refractivity contribution in [1.82, 2.24) is 14.3 Å². The molecule has 28 heavy (non-hydrogen) atoms. The fourth-order valence-electron chi connectivity index (χ4n) is 2.89. The summed E-state index contributed by atoms with van der Waals surface area (Å²) in [5, 5.41) is 1.99. The minimum atomic E-state index is 0.0495. The molecule has 7 nitrogen and oxygen atoms in total. The monoisotopic (exact) mass is 403 g/mol. The fraction of sp³-hybridized carbons (Fsp3) is 0.400. The lowest BCUT2D eigenvalue weighted by atomic mass is 10.2. The number of imidazole rings is 1. The molecule has 150 valence electrons. The first kappa shape index (κ1) is 20.3. The van der Waals surface area contributed by atoms with E-state index in [1.54, 1.807) is 26.2 Å². The first-order chi connectivity index (χ1) is 13.7. The average Bonchev–Trinajstić information content (AvgIpc) is 3.30. The first-order valence-corrected chi connectivity index (χ1v) is 9.89. The molecule has 0 fully saturated rings. The summed E-state index contributed by atoms with van der Waals surface area (Å²) < 4.78 is 17.4. The van der Waals surface area contributed by atoms with Gasteiger partial charge in [0.05, 0.1) is 32.4 Å². The number of methoxy groups -OCH3 is 3. The van der Waals surface area contributed by atoms with Crippen LogP contribution in [0.25, 0.3) is 16.2 Å². The highest BCUT2D eigenvalue weighted by Crippen LogP contribution is 2.25. The van der Waals surface area contributed by atoms with Gasteiger partial charge in [-0.2, -0.15) is 0 Å². The molecule has 0 radical (unpaired) electrons. The Balaban J connectivity index is 1.77. The lowest BCUT2D eigenvalue weighted by molar-refractivity contribution is -0.131. The van der Waals surface area contributed by atoms with Gasteiger partial charge in [0.15, 0.2) is 4.96 Å². The van der Waals surface area contributed by atoms with Crippen LogP contribution in [0.2, 0.25) is 0 Å². The summed E-state index contributed by atoms with van der Waals surface area (Å²) in [7, 11) is 4.91. The lowest BCUT2D eigenvalue weighted by Crippen LogP contribution is -2.37. The van der Waals surface area contributed by atoms with Crippen molar-refractivity contribution < 1.29 is 19.0 Å². The second-order valence-electron chi connectivity index (χ2n) is 6.28. The van der Waals surface area contributed by atoms with E-state index >= 15 is 0 Å². The summed E-state index contributed by atoms with van der Waals surface area (Å²) in [6.07, 6.45) is 2.29. The third kappa shape index (κ3) is 4.70. The Morgan fingerprint density at radius 2 is 1.79 bits per heavy atom. The Morgan fingerprint density at radius 3 is 2.39 bits per heavy atom. The van der Waals surface area contributed by atoms with Crippen molar-refractivity contribution in [3.8, 4) is 17.0 Å². The van der Waals surface area contributed by atoms with Crippen LogP contribution in [0.15, 0.2) is 35.8 Å². The van der Waals surface area contributed by atoms with Crippen molar-refractivity contribution in [2.75, 3.05) is 47.6 Å². The molecule has 0 saturated carbocycles. The second kappa shape index (κ2) is 9.68. The number of aromatic nitrogens is 2. The predicted octanol–water partition coefficient (Wildman–Crippen LogP) is 2.74. The van der Waals surface area contributed by atoms with Crippen molar-refractivity contribution in [3.05, 3.63) is 41.5 Å². The Labute approximate surface area is 168 Å². The van der Waals surface area contributed by atoms with Crippen LogP contribution in [0.4, 0.5) is 0 Å². The number of carbonyl (C=O) groups is 1. The number of carbonyl (C=O) groups excluding carboxylic acids is 1. The van der Waals surface area contributed by atoms with E-state index in [0.717, 1.165) is 27.7 Å². The molecule has 0 unspecified atom stereocenters. The van der Waals surface area contributed by atoms with Crippen LogP contribution in [0.3, 0.4) is 0 Å². The maximum atomic E-state index is 12.8. The van der Waals surface area contributed by atoms with Gasteiger partial charge in [-0.15, -0.1) is 11.3 Å². The zero-order chi connectivity index (χ0) is 19.9. The molecule has 0 aliphatic rings. The van der Waals surface area contributed by atoms with Gasteiger partial charge >= 0.3 is 0 Å². The minimum absolute atomic E-state index is 0.0495. The van der Waals surface area contributed by atoms with E-state index in [4.69, 9.17) is 14.2 Å². The van der Waals surface area contributed by atoms with Crippen LogP contribution in [-0.4, -0.2) is 67.8 Å². The van der Waals surface area contributed by atoms with Crippen molar-refractivity contribution >= 4 is 22.2 Å². The average molecular weight is 404 g/mol. The van der Waals surface area contributed by atoms with Gasteiger partial charge in [0.25, 0.3) is 0 Å². The van der Waals surface area contributed by atoms with E-state index in [0.29, 0.717) is 32.7 Å². The summed E-state index contributed by atoms with van der Waals surface area (Å²) in [6, 6.07) is 7.79. The van der Waals surface area contributed by atoms with Crippen LogP contribution in [0, 0.1) is 0 Å². The molecule has 0 bridgehead atoms. The lowest BCUT2D eigenvalue weighted by Gasteiger charge is -2.21. The van der Waals surface area contributed by atoms with Gasteiger partial charge in [-0.3, -0.25) is 9.20 Å². The van der Waals surface area contributed by atoms with E-state index in [-0.39, 0.29) is 5.91 Å². The Hall–Kier alpha value is -2.42. The van der Waals surface area contributed by atoms with Crippen LogP contribution < -0.4 is 4.74 Å². The summed E-state index contributed by atoms with van der Waals surface area (Å²) in [5.74, 6) is 0.858. The molecule has 1 aromatic carbocycles. The molecular weight excluding hydrogens is 378 g/mol. The van der Waals surface area contributed by atoms with Crippen molar-refractivity contribution in [2.45, 2.75) is 6.42 Å². The number of thiazole rings is 1. The second-order valence-corrected chi connectivity index (χ2v) is 7.11. The van der Waals surface area contributed by atoms with Crippen LogP contribution >= 0.6 is 11.3 Å². The van der Waals surface area contributed by atoms with Crippen LogP contribution in [-0.2, 0) is 20.7 Å². The number of amides is 1. The molecule has 0 aliphatic carbocycles. The summed E-state index contributed by atoms with van der Waals surface area (Å²) >= 11 is 1.53. The van der Waals surface area contributed by atoms with Crippen molar-refractivity contribution in [3.63, 3.8) is 0 Å². The molecule has 8 heteroatoms. The highest BCUT2D eigenvalue weighted by atomic mass is 32.1. The van der Waals surface area contributed by atoms with Gasteiger partial charge in [0.2, 0.25) is 5.91 Å². The Bertz CT molecular complexity index is 896. The SMILES string of the molecule is COCCN(CCOC)C(=O)Cc1csc2nc(-c3ccc(OC)cc3)cn12. The molecule has 2 aromatic heterocycles. The molecule has 2 heterocycles. The summed E-state index contributed by atoms with van der Waals surface area (Å²) in [6.45, 7) is 2.10. The van der Waals surface area contributed by atoms with Crippen LogP contribution in [0.5, 0.6) is 5.75 Å². The molecule has 1 amide bonds. The molecular formula is C20H25N3O4S. The largest absolute Gasteiger partial charge is 0.497 e. The highest BCUT2D eigenvalue weighted by molar-refractivity contribution is 7.15. The summed E-state index contributed by atoms with van der Waals surface area (Å²) in [5.41, 5.74) is 2.81. The van der Waals surface area contributed by atoms with Crippen molar-refractivity contribution in [2.24, 2.45) is 0 Å². The number of hydrogen-bond donors (Lipinski definition) is 0. The third-order valence-corrected chi connectivity index (χ3v) is 5.37. The zero-order valence-electron chi connectivity index (χ0n) is 16.4. The number of ether oxygens (including phenoxy) is 3. The molecule has 0 atom stereocenters. The minimum Gasteiger partial charge on any atom is -0.497 e. The van der Waals surface area contributed by atoms with Gasteiger partial charge in [0, 0.05) is 50.1 Å². The number of hydrogen-bond acceptors (Lipinski definition) is 6. The Kier molecular flexibility index (Phi) is 7.02. The standard InChI is InChI=1S/C20H25N3O4S/c1-25-10-8-22(9-11-26-2)19(24)12-16-14-28-20-21-18(13-23(16)20)15-4-6-17(27-3)7-5-15/h4-7,13-14H,8-12H2,1-3H3. The molecule has 0 N–H and O–H groups in total. The highest BCUT2D eigenvalue weighted by Gasteiger charge is 2.17. The maximum absolute atomic E-state index is 12.8. The number of rotatable bonds is 10. The summed E-state index contributed by atoms with van der Waals surface area (Å²) in [4.78, 5) is 20.1. The van der Waals surface area contributed by atoms with Gasteiger partial charge in [-0.05, 0) is 24.3 Å². The number of fused-ring (bicyclic) bond motifs is 1. The van der Waals surface area contributed by atoms with Gasteiger partial charge < -0.3 is 19.1 Å². The normalized spacial score (nSPS) is 11.1. The third-order valence-electron chi connectivity index (χ3n) is 4.48. The van der Waals surface area contributed by atoms with Gasteiger partial charge in [-0.25, -0.2) is 4.98 Å². The van der Waals surface area contributed by atoms with E-state index in [1.807, 2.05) is 40.2 Å². The van der Waals surface area contributed by atoms with E-state index in [2.05, 4.69) is 4.98 Å². The molecule has 3 rings (SSSR count). The predicted molar refractivity (Wildman–Crippen MR) is 109 cm³/mol. The van der Waals surface area contributed by atoms with E-state index in [9.17, 15) is 4.79 Å². The maximum Gasteiger partial charge on any atom is 0.228 e. The van der Waals surface area contributed by atoms with E-state index in [1.165, 1.54) is 11.3 Å². The molecule has 0 aliphatic heterocycles. The zero-order valence-corrected chi connectivity index (χ0v) is 17.2. The van der Waals surface area contributed by atoms with E-state index < -0.39 is 0 Å². The smallest absolute Gasteiger partial charge is 0.228 e. The molecule has 3 aromatic rings. The first-order valence-electron chi connectivity index (χ1n) is 9.01. The van der Waals surface area contributed by atoms with Crippen molar-refractivity contribution in [1.29, 1.82) is 0 Å². The van der Waals surface area contributed by atoms with Gasteiger partial charge in [0.1, 0.15) is 5.75 Å².